The molecule has 0 spiro atoms. The molecule has 0 unspecified atom stereocenters. The average molecular weight is 357 g/mol. The van der Waals surface area contributed by atoms with Crippen LogP contribution in [0.3, 0.4) is 0 Å². The summed E-state index contributed by atoms with van der Waals surface area (Å²) >= 11 is 0. The summed E-state index contributed by atoms with van der Waals surface area (Å²) in [6.45, 7) is 2.69. The lowest BCUT2D eigenvalue weighted by atomic mass is 10.3. The first-order chi connectivity index (χ1) is 11.2. The van der Waals surface area contributed by atoms with Gasteiger partial charge in [0, 0.05) is 33.1 Å². The zero-order valence-corrected chi connectivity index (χ0v) is 14.4. The fourth-order valence-electron chi connectivity index (χ4n) is 2.50. The highest BCUT2D eigenvalue weighted by Crippen LogP contribution is 2.18. The van der Waals surface area contributed by atoms with Gasteiger partial charge in [0.05, 0.1) is 11.9 Å². The van der Waals surface area contributed by atoms with Gasteiger partial charge in [-0.05, 0) is 24.3 Å². The van der Waals surface area contributed by atoms with Crippen LogP contribution >= 0.6 is 0 Å². The second-order valence-electron chi connectivity index (χ2n) is 5.63. The van der Waals surface area contributed by atoms with E-state index in [-0.39, 0.29) is 24.0 Å². The van der Waals surface area contributed by atoms with E-state index < -0.39 is 15.8 Å². The standard InChI is InChI=1S/C15H20FN3O4S/c1-12(20)17-7-9-18(10-8-17)15(21)11-19(24(2,22)23)14-5-3-13(16)4-6-14/h3-6H,7-11H2,1-2H3. The monoisotopic (exact) mass is 357 g/mol. The highest BCUT2D eigenvalue weighted by atomic mass is 32.2. The molecule has 132 valence electrons. The smallest absolute Gasteiger partial charge is 0.243 e. The van der Waals surface area contributed by atoms with Crippen molar-refractivity contribution in [2.75, 3.05) is 43.3 Å². The number of anilines is 1. The molecule has 2 amide bonds. The van der Waals surface area contributed by atoms with Gasteiger partial charge in [-0.3, -0.25) is 13.9 Å². The summed E-state index contributed by atoms with van der Waals surface area (Å²) < 4.78 is 37.9. The summed E-state index contributed by atoms with van der Waals surface area (Å²) in [7, 11) is -3.69. The molecular formula is C15H20FN3O4S. The summed E-state index contributed by atoms with van der Waals surface area (Å²) in [5, 5.41) is 0. The third kappa shape index (κ3) is 4.44. The summed E-state index contributed by atoms with van der Waals surface area (Å²) in [6, 6.07) is 4.92. The maximum absolute atomic E-state index is 13.0. The van der Waals surface area contributed by atoms with Gasteiger partial charge in [-0.15, -0.1) is 0 Å². The maximum atomic E-state index is 13.0. The van der Waals surface area contributed by atoms with Crippen LogP contribution in [0.4, 0.5) is 10.1 Å². The lowest BCUT2D eigenvalue weighted by molar-refractivity contribution is -0.137. The quantitative estimate of drug-likeness (QED) is 0.776. The Morgan fingerprint density at radius 1 is 1.08 bits per heavy atom. The van der Waals surface area contributed by atoms with Crippen molar-refractivity contribution in [3.05, 3.63) is 30.1 Å². The van der Waals surface area contributed by atoms with E-state index in [4.69, 9.17) is 0 Å². The van der Waals surface area contributed by atoms with E-state index in [9.17, 15) is 22.4 Å². The molecule has 7 nitrogen and oxygen atoms in total. The molecule has 0 N–H and O–H groups in total. The molecule has 1 aromatic rings. The number of rotatable bonds is 4. The minimum Gasteiger partial charge on any atom is -0.339 e. The molecule has 1 aliphatic rings. The van der Waals surface area contributed by atoms with Crippen LogP contribution in [-0.4, -0.2) is 69.0 Å². The number of benzene rings is 1. The number of halogens is 1. The van der Waals surface area contributed by atoms with Crippen LogP contribution in [0.5, 0.6) is 0 Å². The highest BCUT2D eigenvalue weighted by Gasteiger charge is 2.27. The topological polar surface area (TPSA) is 78.0 Å². The number of amides is 2. The van der Waals surface area contributed by atoms with Crippen LogP contribution in [0, 0.1) is 5.82 Å². The molecule has 0 saturated carbocycles. The third-order valence-corrected chi connectivity index (χ3v) is 5.01. The average Bonchev–Trinajstić information content (AvgIpc) is 2.52. The largest absolute Gasteiger partial charge is 0.339 e. The molecule has 24 heavy (non-hydrogen) atoms. The number of carbonyl (C=O) groups excluding carboxylic acids is 2. The van der Waals surface area contributed by atoms with Crippen molar-refractivity contribution in [1.82, 2.24) is 9.80 Å². The van der Waals surface area contributed by atoms with Gasteiger partial charge >= 0.3 is 0 Å². The fourth-order valence-corrected chi connectivity index (χ4v) is 3.35. The lowest BCUT2D eigenvalue weighted by Gasteiger charge is -2.35. The Morgan fingerprint density at radius 3 is 2.04 bits per heavy atom. The number of sulfonamides is 1. The number of piperazine rings is 1. The van der Waals surface area contributed by atoms with Crippen molar-refractivity contribution >= 4 is 27.5 Å². The van der Waals surface area contributed by atoms with Crippen LogP contribution in [0.25, 0.3) is 0 Å². The predicted octanol–water partition coefficient (Wildman–Crippen LogP) is 0.282. The molecule has 1 saturated heterocycles. The number of hydrogen-bond donors (Lipinski definition) is 0. The molecule has 1 aromatic carbocycles. The first-order valence-electron chi connectivity index (χ1n) is 7.45. The SMILES string of the molecule is CC(=O)N1CCN(C(=O)CN(c2ccc(F)cc2)S(C)(=O)=O)CC1. The van der Waals surface area contributed by atoms with Crippen molar-refractivity contribution in [2.45, 2.75) is 6.92 Å². The van der Waals surface area contributed by atoms with Gasteiger partial charge in [0.25, 0.3) is 0 Å². The zero-order valence-electron chi connectivity index (χ0n) is 13.6. The van der Waals surface area contributed by atoms with Gasteiger partial charge < -0.3 is 9.80 Å². The number of carbonyl (C=O) groups is 2. The van der Waals surface area contributed by atoms with Gasteiger partial charge in [-0.2, -0.15) is 0 Å². The molecule has 1 aliphatic heterocycles. The molecule has 0 radical (unpaired) electrons. The Balaban J connectivity index is 2.09. The Hall–Kier alpha value is -2.16. The Kier molecular flexibility index (Phi) is 5.43. The molecule has 2 rings (SSSR count). The maximum Gasteiger partial charge on any atom is 0.243 e. The van der Waals surface area contributed by atoms with Crippen molar-refractivity contribution in [3.63, 3.8) is 0 Å². The van der Waals surface area contributed by atoms with Crippen molar-refractivity contribution in [1.29, 1.82) is 0 Å². The number of hydrogen-bond acceptors (Lipinski definition) is 4. The minimum absolute atomic E-state index is 0.0498. The van der Waals surface area contributed by atoms with E-state index in [2.05, 4.69) is 0 Å². The lowest BCUT2D eigenvalue weighted by Crippen LogP contribution is -2.52. The summed E-state index contributed by atoms with van der Waals surface area (Å²) in [6.07, 6.45) is 0.997. The van der Waals surface area contributed by atoms with Crippen molar-refractivity contribution in [3.8, 4) is 0 Å². The second kappa shape index (κ2) is 7.16. The van der Waals surface area contributed by atoms with Crippen molar-refractivity contribution in [2.24, 2.45) is 0 Å². The zero-order chi connectivity index (χ0) is 17.9. The van der Waals surface area contributed by atoms with E-state index >= 15 is 0 Å². The Labute approximate surface area is 140 Å². The first kappa shape index (κ1) is 18.2. The van der Waals surface area contributed by atoms with Gasteiger partial charge in [0.2, 0.25) is 21.8 Å². The summed E-state index contributed by atoms with van der Waals surface area (Å²) in [5.41, 5.74) is 0.231. The molecule has 0 aliphatic carbocycles. The van der Waals surface area contributed by atoms with Crippen LogP contribution in [0.2, 0.25) is 0 Å². The molecule has 0 atom stereocenters. The minimum atomic E-state index is -3.69. The van der Waals surface area contributed by atoms with Gasteiger partial charge in [0.15, 0.2) is 0 Å². The Bertz CT molecular complexity index is 713. The summed E-state index contributed by atoms with van der Waals surface area (Å²) in [5.74, 6) is -0.891. The molecule has 9 heteroatoms. The van der Waals surface area contributed by atoms with Gasteiger partial charge in [-0.1, -0.05) is 0 Å². The van der Waals surface area contributed by atoms with E-state index in [0.29, 0.717) is 26.2 Å². The summed E-state index contributed by atoms with van der Waals surface area (Å²) in [4.78, 5) is 26.9. The highest BCUT2D eigenvalue weighted by molar-refractivity contribution is 7.92. The normalized spacial score (nSPS) is 15.3. The predicted molar refractivity (Wildman–Crippen MR) is 87.4 cm³/mol. The second-order valence-corrected chi connectivity index (χ2v) is 7.54. The molecule has 0 bridgehead atoms. The fraction of sp³-hybridized carbons (Fsp3) is 0.467. The molecule has 1 heterocycles. The van der Waals surface area contributed by atoms with Crippen LogP contribution in [0.15, 0.2) is 24.3 Å². The van der Waals surface area contributed by atoms with Gasteiger partial charge in [0.1, 0.15) is 12.4 Å². The van der Waals surface area contributed by atoms with Crippen LogP contribution < -0.4 is 4.31 Å². The molecule has 0 aromatic heterocycles. The van der Waals surface area contributed by atoms with Crippen LogP contribution in [-0.2, 0) is 19.6 Å². The van der Waals surface area contributed by atoms with E-state index in [1.165, 1.54) is 24.0 Å². The van der Waals surface area contributed by atoms with E-state index in [1.54, 1.807) is 4.90 Å². The van der Waals surface area contributed by atoms with E-state index in [0.717, 1.165) is 22.7 Å². The number of nitrogens with zero attached hydrogens (tertiary/aromatic N) is 3. The van der Waals surface area contributed by atoms with Crippen molar-refractivity contribution < 1.29 is 22.4 Å². The van der Waals surface area contributed by atoms with E-state index in [1.807, 2.05) is 0 Å². The molecular weight excluding hydrogens is 337 g/mol. The van der Waals surface area contributed by atoms with Gasteiger partial charge in [-0.25, -0.2) is 12.8 Å². The first-order valence-corrected chi connectivity index (χ1v) is 9.30. The Morgan fingerprint density at radius 2 is 1.58 bits per heavy atom. The van der Waals surface area contributed by atoms with Crippen LogP contribution in [0.1, 0.15) is 6.92 Å². The third-order valence-electron chi connectivity index (χ3n) is 3.87. The molecule has 1 fully saturated rings.